The van der Waals surface area contributed by atoms with Gasteiger partial charge < -0.3 is 14.5 Å². The summed E-state index contributed by atoms with van der Waals surface area (Å²) in [7, 11) is 0. The zero-order chi connectivity index (χ0) is 21.0. The summed E-state index contributed by atoms with van der Waals surface area (Å²) in [4.78, 5) is 36.8. The average molecular weight is 403 g/mol. The fourth-order valence-corrected chi connectivity index (χ4v) is 4.34. The van der Waals surface area contributed by atoms with Crippen molar-refractivity contribution in [3.05, 3.63) is 74.6 Å². The van der Waals surface area contributed by atoms with E-state index in [0.29, 0.717) is 22.4 Å². The topological polar surface area (TPSA) is 85.6 Å². The van der Waals surface area contributed by atoms with Crippen LogP contribution in [0.25, 0.3) is 11.0 Å². The second-order valence-corrected chi connectivity index (χ2v) is 8.48. The standard InChI is InChI=1S/C24H21NO5/c1-24(2)18-9-15(6-7-19(18)25-23(24)28)22(27)29-12-16-11-21(26)30-20-10-14-5-3-4-13(14)8-17(16)20/h6-11H,3-5,12H2,1-2H3,(H,25,28). The summed E-state index contributed by atoms with van der Waals surface area (Å²) in [6.45, 7) is 3.60. The van der Waals surface area contributed by atoms with Crippen molar-refractivity contribution in [2.75, 3.05) is 5.32 Å². The molecule has 2 aromatic carbocycles. The van der Waals surface area contributed by atoms with Gasteiger partial charge in [0.2, 0.25) is 5.91 Å². The van der Waals surface area contributed by atoms with Crippen LogP contribution in [0.5, 0.6) is 0 Å². The molecule has 0 fully saturated rings. The molecule has 0 atom stereocenters. The molecule has 0 radical (unpaired) electrons. The van der Waals surface area contributed by atoms with Crippen molar-refractivity contribution >= 4 is 28.5 Å². The second-order valence-electron chi connectivity index (χ2n) is 8.48. The number of nitrogens with one attached hydrogen (secondary N) is 1. The molecule has 1 amide bonds. The molecule has 6 nitrogen and oxygen atoms in total. The van der Waals surface area contributed by atoms with E-state index in [-0.39, 0.29) is 12.5 Å². The van der Waals surface area contributed by atoms with Crippen LogP contribution < -0.4 is 10.9 Å². The quantitative estimate of drug-likeness (QED) is 0.530. The van der Waals surface area contributed by atoms with Crippen molar-refractivity contribution in [3.63, 3.8) is 0 Å². The van der Waals surface area contributed by atoms with Crippen molar-refractivity contribution in [3.8, 4) is 0 Å². The number of hydrogen-bond donors (Lipinski definition) is 1. The maximum Gasteiger partial charge on any atom is 0.338 e. The number of amides is 1. The van der Waals surface area contributed by atoms with E-state index in [4.69, 9.17) is 9.15 Å². The van der Waals surface area contributed by atoms with Crippen molar-refractivity contribution < 1.29 is 18.7 Å². The van der Waals surface area contributed by atoms with Crippen LogP contribution in [-0.4, -0.2) is 11.9 Å². The molecule has 1 aliphatic carbocycles. The summed E-state index contributed by atoms with van der Waals surface area (Å²) in [5.74, 6) is -0.603. The zero-order valence-corrected chi connectivity index (χ0v) is 16.8. The number of anilines is 1. The van der Waals surface area contributed by atoms with Gasteiger partial charge in [-0.1, -0.05) is 0 Å². The van der Waals surface area contributed by atoms with Gasteiger partial charge >= 0.3 is 11.6 Å². The number of esters is 1. The second kappa shape index (κ2) is 6.55. The smallest absolute Gasteiger partial charge is 0.338 e. The lowest BCUT2D eigenvalue weighted by Crippen LogP contribution is -2.27. The van der Waals surface area contributed by atoms with Crippen LogP contribution in [0.15, 0.2) is 45.6 Å². The highest BCUT2D eigenvalue weighted by Crippen LogP contribution is 2.38. The number of ether oxygens (including phenoxy) is 1. The van der Waals surface area contributed by atoms with Gasteiger partial charge in [0, 0.05) is 22.7 Å². The van der Waals surface area contributed by atoms with Crippen LogP contribution in [-0.2, 0) is 34.4 Å². The Hall–Kier alpha value is -3.41. The fraction of sp³-hybridized carbons (Fsp3) is 0.292. The maximum absolute atomic E-state index is 12.7. The van der Waals surface area contributed by atoms with Gasteiger partial charge in [0.25, 0.3) is 0 Å². The number of aryl methyl sites for hydroxylation is 2. The molecule has 3 aromatic rings. The zero-order valence-electron chi connectivity index (χ0n) is 16.8. The van der Waals surface area contributed by atoms with Crippen LogP contribution in [0.2, 0.25) is 0 Å². The summed E-state index contributed by atoms with van der Waals surface area (Å²) in [5, 5.41) is 3.62. The minimum absolute atomic E-state index is 0.0304. The molecule has 152 valence electrons. The molecule has 0 spiro atoms. The maximum atomic E-state index is 12.7. The van der Waals surface area contributed by atoms with Crippen LogP contribution in [0.1, 0.15) is 52.9 Å². The molecule has 6 heteroatoms. The first-order valence-electron chi connectivity index (χ1n) is 10.0. The van der Waals surface area contributed by atoms with Gasteiger partial charge in [0.1, 0.15) is 12.2 Å². The summed E-state index contributed by atoms with van der Waals surface area (Å²) < 4.78 is 10.9. The van der Waals surface area contributed by atoms with Crippen LogP contribution in [0, 0.1) is 0 Å². The van der Waals surface area contributed by atoms with Crippen LogP contribution in [0.4, 0.5) is 5.69 Å². The van der Waals surface area contributed by atoms with Gasteiger partial charge in [-0.05, 0) is 80.1 Å². The number of rotatable bonds is 3. The summed E-state index contributed by atoms with van der Waals surface area (Å²) in [5.41, 5.74) is 4.29. The number of benzene rings is 2. The van der Waals surface area contributed by atoms with Gasteiger partial charge in [-0.3, -0.25) is 4.79 Å². The van der Waals surface area contributed by atoms with Crippen molar-refractivity contribution in [2.45, 2.75) is 45.1 Å². The molecule has 0 unspecified atom stereocenters. The van der Waals surface area contributed by atoms with Crippen molar-refractivity contribution in [2.24, 2.45) is 0 Å². The van der Waals surface area contributed by atoms with Gasteiger partial charge in [0.15, 0.2) is 0 Å². The number of fused-ring (bicyclic) bond motifs is 3. The predicted molar refractivity (Wildman–Crippen MR) is 112 cm³/mol. The molecule has 0 saturated heterocycles. The highest BCUT2D eigenvalue weighted by molar-refractivity contribution is 6.06. The van der Waals surface area contributed by atoms with E-state index in [1.165, 1.54) is 17.2 Å². The number of hydrogen-bond acceptors (Lipinski definition) is 5. The Kier molecular flexibility index (Phi) is 4.07. The number of carbonyl (C=O) groups is 2. The highest BCUT2D eigenvalue weighted by atomic mass is 16.5. The van der Waals surface area contributed by atoms with E-state index in [1.807, 2.05) is 26.0 Å². The van der Waals surface area contributed by atoms with E-state index in [0.717, 1.165) is 30.2 Å². The third-order valence-corrected chi connectivity index (χ3v) is 6.15. The molecule has 5 rings (SSSR count). The Bertz CT molecular complexity index is 1280. The molecule has 2 heterocycles. The van der Waals surface area contributed by atoms with Gasteiger partial charge in [-0.25, -0.2) is 9.59 Å². The number of carbonyl (C=O) groups excluding carboxylic acids is 2. The Morgan fingerprint density at radius 1 is 1.10 bits per heavy atom. The van der Waals surface area contributed by atoms with E-state index in [1.54, 1.807) is 18.2 Å². The molecule has 0 bridgehead atoms. The van der Waals surface area contributed by atoms with E-state index in [2.05, 4.69) is 5.32 Å². The summed E-state index contributed by atoms with van der Waals surface area (Å²) in [6, 6.07) is 10.4. The monoisotopic (exact) mass is 403 g/mol. The highest BCUT2D eigenvalue weighted by Gasteiger charge is 2.38. The first-order chi connectivity index (χ1) is 14.3. The normalized spacial score (nSPS) is 16.3. The lowest BCUT2D eigenvalue weighted by atomic mass is 9.85. The van der Waals surface area contributed by atoms with Gasteiger partial charge in [-0.2, -0.15) is 0 Å². The molecule has 30 heavy (non-hydrogen) atoms. The van der Waals surface area contributed by atoms with Crippen molar-refractivity contribution in [1.29, 1.82) is 0 Å². The molecular weight excluding hydrogens is 382 g/mol. The summed E-state index contributed by atoms with van der Waals surface area (Å²) >= 11 is 0. The Morgan fingerprint density at radius 3 is 2.67 bits per heavy atom. The lowest BCUT2D eigenvalue weighted by Gasteiger charge is -2.15. The molecule has 0 saturated carbocycles. The SMILES string of the molecule is CC1(C)C(=O)Nc2ccc(C(=O)OCc3cc(=O)oc4cc5c(cc34)CCC5)cc21. The lowest BCUT2D eigenvalue weighted by molar-refractivity contribution is -0.119. The average Bonchev–Trinajstić information content (AvgIpc) is 3.25. The van der Waals surface area contributed by atoms with Crippen molar-refractivity contribution in [1.82, 2.24) is 0 Å². The third kappa shape index (κ3) is 2.91. The van der Waals surface area contributed by atoms with E-state index in [9.17, 15) is 14.4 Å². The Balaban J connectivity index is 1.43. The first-order valence-corrected chi connectivity index (χ1v) is 10.0. The predicted octanol–water partition coefficient (Wildman–Crippen LogP) is 3.87. The Labute approximate surface area is 172 Å². The summed E-state index contributed by atoms with van der Waals surface area (Å²) in [6.07, 6.45) is 3.08. The van der Waals surface area contributed by atoms with E-state index >= 15 is 0 Å². The molecule has 1 aliphatic heterocycles. The van der Waals surface area contributed by atoms with Gasteiger partial charge in [0.05, 0.1) is 11.0 Å². The fourth-order valence-electron chi connectivity index (χ4n) is 4.34. The minimum atomic E-state index is -0.708. The Morgan fingerprint density at radius 2 is 1.87 bits per heavy atom. The molecule has 1 aromatic heterocycles. The molecular formula is C24H21NO5. The van der Waals surface area contributed by atoms with Crippen LogP contribution in [0.3, 0.4) is 0 Å². The van der Waals surface area contributed by atoms with Crippen LogP contribution >= 0.6 is 0 Å². The first kappa shape index (κ1) is 18.6. The minimum Gasteiger partial charge on any atom is -0.457 e. The van der Waals surface area contributed by atoms with Gasteiger partial charge in [-0.15, -0.1) is 0 Å². The van der Waals surface area contributed by atoms with E-state index < -0.39 is 17.0 Å². The third-order valence-electron chi connectivity index (χ3n) is 6.15. The largest absolute Gasteiger partial charge is 0.457 e. The molecule has 2 aliphatic rings. The molecule has 1 N–H and O–H groups in total.